The lowest BCUT2D eigenvalue weighted by molar-refractivity contribution is 0.265. The molecule has 14 heteroatoms. The van der Waals surface area contributed by atoms with Gasteiger partial charge in [0.2, 0.25) is 0 Å². The van der Waals surface area contributed by atoms with E-state index in [4.69, 9.17) is 67.8 Å². The molecule has 2 aliphatic carbocycles. The third-order valence-electron chi connectivity index (χ3n) is 22.8. The van der Waals surface area contributed by atoms with E-state index in [1.54, 1.807) is 0 Å². The summed E-state index contributed by atoms with van der Waals surface area (Å²) < 4.78 is 49.5. The molecule has 0 radical (unpaired) electrons. The van der Waals surface area contributed by atoms with Crippen LogP contribution in [0.15, 0.2) is 256 Å². The number of hydrogen-bond acceptors (Lipinski definition) is 14. The Morgan fingerprint density at radius 1 is 0.167 bits per heavy atom. The Morgan fingerprint density at radius 2 is 0.333 bits per heavy atom. The second-order valence-corrected chi connectivity index (χ2v) is 30.8. The maximum absolute atomic E-state index is 6.33. The largest absolute Gasteiger partial charge is 0.494 e. The van der Waals surface area contributed by atoms with Crippen molar-refractivity contribution in [3.63, 3.8) is 0 Å². The lowest BCUT2D eigenvalue weighted by Crippen LogP contribution is -2.30. The Balaban J connectivity index is 0.523. The number of aryl methyl sites for hydroxylation is 6. The summed E-state index contributed by atoms with van der Waals surface area (Å²) in [6.07, 6.45) is 36.0. The van der Waals surface area contributed by atoms with Gasteiger partial charge in [-0.25, -0.2) is 0 Å². The third kappa shape index (κ3) is 21.5. The van der Waals surface area contributed by atoms with Crippen LogP contribution in [-0.4, -0.2) is 82.8 Å². The zero-order valence-corrected chi connectivity index (χ0v) is 65.8. The molecule has 0 saturated heterocycles. The van der Waals surface area contributed by atoms with Gasteiger partial charge in [0.15, 0.2) is 0 Å². The molecule has 6 aromatic heterocycles. The molecule has 0 atom stereocenters. The van der Waals surface area contributed by atoms with Crippen LogP contribution in [0, 0.1) is 0 Å². The van der Waals surface area contributed by atoms with E-state index >= 15 is 0 Å². The Hall–Kier alpha value is -11.4. The van der Waals surface area contributed by atoms with Crippen LogP contribution in [0.5, 0.6) is 46.0 Å². The Kier molecular flexibility index (Phi) is 27.3. The molecule has 6 aromatic carbocycles. The monoisotopic (exact) mass is 1520 g/mol. The van der Waals surface area contributed by atoms with Gasteiger partial charge in [0.05, 0.1) is 87.0 Å². The molecule has 0 amide bonds. The van der Waals surface area contributed by atoms with Gasteiger partial charge in [-0.15, -0.1) is 0 Å². The minimum atomic E-state index is -0.0286. The summed E-state index contributed by atoms with van der Waals surface area (Å²) >= 11 is 0. The van der Waals surface area contributed by atoms with Gasteiger partial charge < -0.3 is 37.9 Å². The number of hydrogen-bond donors (Lipinski definition) is 0. The van der Waals surface area contributed by atoms with Crippen molar-refractivity contribution < 1.29 is 37.9 Å². The maximum Gasteiger partial charge on any atom is 0.119 e. The second-order valence-electron chi connectivity index (χ2n) is 30.8. The minimum Gasteiger partial charge on any atom is -0.494 e. The predicted octanol–water partition coefficient (Wildman–Crippen LogP) is 22.2. The highest BCUT2D eigenvalue weighted by Crippen LogP contribution is 2.47. The molecule has 2 saturated carbocycles. The van der Waals surface area contributed by atoms with Gasteiger partial charge in [-0.3, -0.25) is 29.9 Å². The molecular formula is C100H106N6O8. The van der Waals surface area contributed by atoms with E-state index < -0.39 is 0 Å². The highest BCUT2D eigenvalue weighted by molar-refractivity contribution is 5.57. The van der Waals surface area contributed by atoms with Crippen LogP contribution in [-0.2, 0) is 49.4 Å². The lowest BCUT2D eigenvalue weighted by atomic mass is 9.65. The summed E-state index contributed by atoms with van der Waals surface area (Å²) in [5.41, 5.74) is 17.6. The first kappa shape index (κ1) is 77.9. The molecular weight excluding hydrogens is 1410 g/mol. The normalized spacial score (nSPS) is 16.7. The Morgan fingerprint density at radius 3 is 0.500 bits per heavy atom. The van der Waals surface area contributed by atoms with Gasteiger partial charge in [0.1, 0.15) is 46.0 Å². The van der Waals surface area contributed by atoms with E-state index in [9.17, 15) is 0 Å². The van der Waals surface area contributed by atoms with Gasteiger partial charge in [-0.05, 0) is 305 Å². The molecule has 2 spiro atoms. The Labute approximate surface area is 673 Å². The van der Waals surface area contributed by atoms with Crippen LogP contribution < -0.4 is 37.9 Å². The van der Waals surface area contributed by atoms with Crippen LogP contribution in [0.25, 0.3) is 34.2 Å². The number of benzene rings is 6. The molecule has 24 bridgehead atoms. The minimum absolute atomic E-state index is 0.0286. The first-order valence-electron chi connectivity index (χ1n) is 41.7. The van der Waals surface area contributed by atoms with Gasteiger partial charge >= 0.3 is 0 Å². The number of rotatable bonds is 0. The first-order valence-corrected chi connectivity index (χ1v) is 41.7. The first-order chi connectivity index (χ1) is 56.4. The zero-order chi connectivity index (χ0) is 77.1. The third-order valence-corrected chi connectivity index (χ3v) is 22.8. The number of pyridine rings is 6. The quantitative estimate of drug-likeness (QED) is 0.142. The van der Waals surface area contributed by atoms with Crippen molar-refractivity contribution in [3.05, 3.63) is 311 Å². The van der Waals surface area contributed by atoms with Crippen molar-refractivity contribution in [1.29, 1.82) is 0 Å². The molecule has 26 aliphatic rings. The Bertz CT molecular complexity index is 4540. The average Bonchev–Trinajstić information content (AvgIpc) is 0.771. The van der Waals surface area contributed by atoms with Crippen molar-refractivity contribution in [2.75, 3.05) is 52.9 Å². The molecule has 24 aliphatic heterocycles. The molecule has 30 heterocycles. The molecule has 2 fully saturated rings. The van der Waals surface area contributed by atoms with Gasteiger partial charge in [-0.2, -0.15) is 0 Å². The van der Waals surface area contributed by atoms with Crippen molar-refractivity contribution in [2.24, 2.45) is 0 Å². The van der Waals surface area contributed by atoms with Crippen LogP contribution in [0.1, 0.15) is 171 Å². The summed E-state index contributed by atoms with van der Waals surface area (Å²) in [7, 11) is 0. The van der Waals surface area contributed by atoms with E-state index in [-0.39, 0.29) is 10.8 Å². The van der Waals surface area contributed by atoms with E-state index in [0.29, 0.717) is 52.9 Å². The average molecular weight is 1520 g/mol. The fourth-order valence-corrected chi connectivity index (χ4v) is 16.3. The van der Waals surface area contributed by atoms with Crippen molar-refractivity contribution in [3.8, 4) is 80.2 Å². The zero-order valence-electron chi connectivity index (χ0n) is 65.8. The van der Waals surface area contributed by atoms with Gasteiger partial charge in [0, 0.05) is 48.0 Å². The van der Waals surface area contributed by atoms with Crippen LogP contribution >= 0.6 is 0 Å². The number of fused-ring (bicyclic) bond motifs is 3. The summed E-state index contributed by atoms with van der Waals surface area (Å²) in [5, 5.41) is 0. The van der Waals surface area contributed by atoms with Crippen LogP contribution in [0.2, 0.25) is 0 Å². The standard InChI is InChI=1S/C100H106N6O8/c1-3-57-99(58-4-1)81-27-35-85(36-28-81)109-63-9-15-75-21-51-93(101-69-75)94-52-22-76(70-102-94)16-10-64-110-86-37-29-82(30-38-86)100(59-5-2-6-60-100)84-33-41-88(42-34-84)112-66-12-18-78-24-54-96(104-72-78)98-56-26-80(74-106-98)20-14-68-114-92-49-45-90(46-50-92)108-62-8-7-61-107-89-43-47-91(48-44-89)113-67-13-19-79-25-55-97(105-73-79)95-53-23-77(71-103-95)17-11-65-111-87-39-31-83(99)32-40-87/h21-56,69-74H,1-20,57-68H2. The van der Waals surface area contributed by atoms with Crippen molar-refractivity contribution in [1.82, 2.24) is 29.9 Å². The van der Waals surface area contributed by atoms with E-state index in [2.05, 4.69) is 170 Å². The summed E-state index contributed by atoms with van der Waals surface area (Å²) in [5.74, 6) is 6.91. The molecule has 14 nitrogen and oxygen atoms in total. The molecule has 584 valence electrons. The SMILES string of the molecule is c1cc2ncc1CCCOc1ccc(cc1)OCCCCOc1ccc(cc1)OCCCc1ccc(nc1)-c1ccc(cn1)CCCOc1ccc(cc1)C1(CCCCC1)c1ccc(cc1)OCCCc1ccc(nc1)-c1ccc(cn1)CCCOc1ccc(cc1)C1(CCCCC1)c1ccc(cc1)OCCCc1ccc-2nc1. The molecule has 114 heavy (non-hydrogen) atoms. The highest BCUT2D eigenvalue weighted by atomic mass is 16.5. The van der Waals surface area contributed by atoms with Gasteiger partial charge in [-0.1, -0.05) is 123 Å². The molecule has 0 unspecified atom stereocenters. The summed E-state index contributed by atoms with van der Waals surface area (Å²) in [6.45, 7) is 4.95. The summed E-state index contributed by atoms with van der Waals surface area (Å²) in [6, 6.07) is 76.7. The van der Waals surface area contributed by atoms with E-state index in [1.165, 1.54) is 94.2 Å². The molecule has 12 aromatic rings. The van der Waals surface area contributed by atoms with Crippen molar-refractivity contribution in [2.45, 2.75) is 165 Å². The smallest absolute Gasteiger partial charge is 0.119 e. The summed E-state index contributed by atoms with van der Waals surface area (Å²) in [4.78, 5) is 28.8. The topological polar surface area (TPSA) is 151 Å². The predicted molar refractivity (Wildman–Crippen MR) is 452 cm³/mol. The lowest BCUT2D eigenvalue weighted by Gasteiger charge is -2.38. The molecule has 38 rings (SSSR count). The van der Waals surface area contributed by atoms with Crippen LogP contribution in [0.4, 0.5) is 0 Å². The fraction of sp³-hybridized carbons (Fsp3) is 0.340. The fourth-order valence-electron chi connectivity index (χ4n) is 16.3. The van der Waals surface area contributed by atoms with Gasteiger partial charge in [0.25, 0.3) is 0 Å². The maximum atomic E-state index is 6.33. The second kappa shape index (κ2) is 39.9. The molecule has 0 N–H and O–H groups in total. The number of ether oxygens (including phenoxy) is 8. The van der Waals surface area contributed by atoms with E-state index in [0.717, 1.165) is 196 Å². The number of nitrogens with zero attached hydrogens (tertiary/aromatic N) is 6. The van der Waals surface area contributed by atoms with E-state index in [1.807, 2.05) is 85.7 Å². The van der Waals surface area contributed by atoms with Crippen LogP contribution in [0.3, 0.4) is 0 Å². The number of aromatic nitrogens is 6. The van der Waals surface area contributed by atoms with Crippen molar-refractivity contribution >= 4 is 0 Å². The highest BCUT2D eigenvalue weighted by Gasteiger charge is 2.37.